The molecule has 0 radical (unpaired) electrons. The van der Waals surface area contributed by atoms with Gasteiger partial charge in [-0.05, 0) is 11.6 Å². The van der Waals surface area contributed by atoms with Gasteiger partial charge in [-0.25, -0.2) is 4.79 Å². The Morgan fingerprint density at radius 2 is 2.12 bits per heavy atom. The number of hydrogen-bond donors (Lipinski definition) is 4. The number of halogens is 3. The lowest BCUT2D eigenvalue weighted by Crippen LogP contribution is -2.61. The highest BCUT2D eigenvalue weighted by atomic mass is 19.4. The predicted octanol–water partition coefficient (Wildman–Crippen LogP) is -1.12. The van der Waals surface area contributed by atoms with Crippen LogP contribution < -0.4 is 5.32 Å². The Morgan fingerprint density at radius 3 is 2.62 bits per heavy atom. The number of aliphatic hydroxyl groups excluding tert-OH is 3. The fourth-order valence-corrected chi connectivity index (χ4v) is 2.06. The Morgan fingerprint density at radius 1 is 1.50 bits per heavy atom. The van der Waals surface area contributed by atoms with Crippen molar-refractivity contribution in [1.82, 2.24) is 5.32 Å². The Labute approximate surface area is 143 Å². The third-order valence-electron chi connectivity index (χ3n) is 3.31. The zero-order chi connectivity index (χ0) is 20.1. The minimum absolute atomic E-state index is 0.655. The lowest BCUT2D eigenvalue weighted by atomic mass is 9.93. The number of alkyl halides is 3. The lowest BCUT2D eigenvalue weighted by Gasteiger charge is -2.38. The quantitative estimate of drug-likeness (QED) is 0.194. The van der Waals surface area contributed by atoms with E-state index in [1.807, 2.05) is 0 Å². The van der Waals surface area contributed by atoms with Crippen LogP contribution >= 0.6 is 0 Å². The number of rotatable bonds is 6. The van der Waals surface area contributed by atoms with E-state index in [-0.39, 0.29) is 0 Å². The van der Waals surface area contributed by atoms with Gasteiger partial charge in [0.25, 0.3) is 0 Å². The fraction of sp³-hybridized carbons (Fsp3) is 0.667. The van der Waals surface area contributed by atoms with E-state index in [4.69, 9.17) is 10.3 Å². The maximum Gasteiger partial charge on any atom is 0.471 e. The van der Waals surface area contributed by atoms with Crippen molar-refractivity contribution in [2.45, 2.75) is 36.6 Å². The molecule has 5 atom stereocenters. The molecule has 0 fully saturated rings. The number of nitrogens with zero attached hydrogens (tertiary/aromatic N) is 3. The van der Waals surface area contributed by atoms with Gasteiger partial charge in [0, 0.05) is 4.91 Å². The van der Waals surface area contributed by atoms with E-state index < -0.39 is 60.8 Å². The number of hydrogen-bond acceptors (Lipinski definition) is 8. The van der Waals surface area contributed by atoms with Crippen LogP contribution in [0.1, 0.15) is 0 Å². The summed E-state index contributed by atoms with van der Waals surface area (Å²) in [5.74, 6) is -4.22. The Kier molecular flexibility index (Phi) is 7.20. The number of carbonyl (C=O) groups is 2. The largest absolute Gasteiger partial charge is 0.478 e. The molecular formula is C12H15F3N4O7. The van der Waals surface area contributed by atoms with Crippen molar-refractivity contribution in [3.63, 3.8) is 0 Å². The van der Waals surface area contributed by atoms with Gasteiger partial charge in [-0.3, -0.25) is 4.79 Å². The minimum Gasteiger partial charge on any atom is -0.478 e. The van der Waals surface area contributed by atoms with Gasteiger partial charge in [0.05, 0.1) is 25.8 Å². The van der Waals surface area contributed by atoms with Crippen molar-refractivity contribution in [1.29, 1.82) is 0 Å². The number of ether oxygens (including phenoxy) is 2. The van der Waals surface area contributed by atoms with Gasteiger partial charge in [0.1, 0.15) is 12.2 Å². The molecule has 14 heteroatoms. The first-order valence-corrected chi connectivity index (χ1v) is 6.92. The molecule has 0 unspecified atom stereocenters. The fourth-order valence-electron chi connectivity index (χ4n) is 2.06. The van der Waals surface area contributed by atoms with E-state index in [0.717, 1.165) is 7.11 Å². The molecule has 0 saturated carbocycles. The van der Waals surface area contributed by atoms with E-state index in [1.54, 1.807) is 0 Å². The van der Waals surface area contributed by atoms with Gasteiger partial charge in [-0.1, -0.05) is 5.11 Å². The zero-order valence-corrected chi connectivity index (χ0v) is 13.1. The molecule has 0 spiro atoms. The molecule has 1 aliphatic rings. The molecular weight excluding hydrogens is 369 g/mol. The van der Waals surface area contributed by atoms with Crippen LogP contribution in [-0.4, -0.2) is 77.5 Å². The molecule has 1 heterocycles. The second kappa shape index (κ2) is 8.71. The number of aliphatic hydroxyl groups is 3. The second-order valence-electron chi connectivity index (χ2n) is 5.06. The van der Waals surface area contributed by atoms with E-state index in [2.05, 4.69) is 14.8 Å². The summed E-state index contributed by atoms with van der Waals surface area (Å²) >= 11 is 0. The van der Waals surface area contributed by atoms with E-state index in [9.17, 15) is 38.1 Å². The minimum atomic E-state index is -5.30. The van der Waals surface area contributed by atoms with E-state index >= 15 is 0 Å². The van der Waals surface area contributed by atoms with Gasteiger partial charge in [-0.15, -0.1) is 0 Å². The van der Waals surface area contributed by atoms with Crippen LogP contribution in [0.15, 0.2) is 16.9 Å². The monoisotopic (exact) mass is 384 g/mol. The van der Waals surface area contributed by atoms with Crippen molar-refractivity contribution in [3.05, 3.63) is 22.3 Å². The Bertz CT molecular complexity index is 620. The van der Waals surface area contributed by atoms with Crippen molar-refractivity contribution in [2.24, 2.45) is 5.11 Å². The first kappa shape index (κ1) is 21.5. The maximum atomic E-state index is 12.5. The summed E-state index contributed by atoms with van der Waals surface area (Å²) in [6, 6.07) is -1.88. The molecule has 4 N–H and O–H groups in total. The number of amides is 1. The highest BCUT2D eigenvalue weighted by molar-refractivity contribution is 5.86. The van der Waals surface area contributed by atoms with Crippen molar-refractivity contribution in [2.75, 3.05) is 13.7 Å². The van der Waals surface area contributed by atoms with Crippen LogP contribution in [-0.2, 0) is 19.1 Å². The van der Waals surface area contributed by atoms with Crippen molar-refractivity contribution in [3.8, 4) is 0 Å². The van der Waals surface area contributed by atoms with Crippen LogP contribution in [0.5, 0.6) is 0 Å². The number of esters is 1. The van der Waals surface area contributed by atoms with E-state index in [0.29, 0.717) is 6.08 Å². The lowest BCUT2D eigenvalue weighted by molar-refractivity contribution is -0.179. The summed E-state index contributed by atoms with van der Waals surface area (Å²) in [4.78, 5) is 25.0. The Hall–Kier alpha value is -2.54. The van der Waals surface area contributed by atoms with Crippen LogP contribution in [0.25, 0.3) is 10.4 Å². The summed E-state index contributed by atoms with van der Waals surface area (Å²) in [6.07, 6.45) is -12.3. The summed E-state index contributed by atoms with van der Waals surface area (Å²) in [5, 5.41) is 34.2. The van der Waals surface area contributed by atoms with E-state index in [1.165, 1.54) is 5.32 Å². The summed E-state index contributed by atoms with van der Waals surface area (Å²) in [7, 11) is 0.957. The first-order valence-electron chi connectivity index (χ1n) is 6.92. The molecule has 26 heavy (non-hydrogen) atoms. The highest BCUT2D eigenvalue weighted by Gasteiger charge is 2.47. The zero-order valence-electron chi connectivity index (χ0n) is 13.1. The van der Waals surface area contributed by atoms with Crippen LogP contribution in [0, 0.1) is 0 Å². The number of carbonyl (C=O) groups excluding carboxylic acids is 2. The summed E-state index contributed by atoms with van der Waals surface area (Å²) < 4.78 is 46.7. The average molecular weight is 384 g/mol. The Balaban J connectivity index is 3.15. The second-order valence-corrected chi connectivity index (χ2v) is 5.06. The van der Waals surface area contributed by atoms with Crippen molar-refractivity contribution < 1.29 is 47.6 Å². The van der Waals surface area contributed by atoms with Crippen LogP contribution in [0.4, 0.5) is 13.2 Å². The number of methoxy groups -OCH3 is 1. The average Bonchev–Trinajstić information content (AvgIpc) is 2.58. The van der Waals surface area contributed by atoms with Crippen LogP contribution in [0.3, 0.4) is 0 Å². The molecule has 11 nitrogen and oxygen atoms in total. The van der Waals surface area contributed by atoms with Gasteiger partial charge in [-0.2, -0.15) is 13.2 Å². The summed E-state index contributed by atoms with van der Waals surface area (Å²) in [5.41, 5.74) is 8.20. The molecule has 0 aromatic heterocycles. The van der Waals surface area contributed by atoms with Gasteiger partial charge >= 0.3 is 18.1 Å². The SMILES string of the molecule is COC(=O)C1=C[C@H](O)[C@@H](NC(=O)C(F)(F)F)[C@H]([C@H](O)[C@H](O)CN=[N+]=[N-])O1. The van der Waals surface area contributed by atoms with Crippen LogP contribution in [0.2, 0.25) is 0 Å². The van der Waals surface area contributed by atoms with Gasteiger partial charge in [0.2, 0.25) is 5.76 Å². The smallest absolute Gasteiger partial charge is 0.471 e. The maximum absolute atomic E-state index is 12.5. The van der Waals surface area contributed by atoms with Gasteiger partial charge < -0.3 is 30.1 Å². The normalized spacial score (nSPS) is 25.0. The molecule has 0 aromatic rings. The molecule has 0 bridgehead atoms. The topological polar surface area (TPSA) is 174 Å². The number of azide groups is 1. The third-order valence-corrected chi connectivity index (χ3v) is 3.31. The molecule has 0 saturated heterocycles. The molecule has 146 valence electrons. The summed E-state index contributed by atoms with van der Waals surface area (Å²) in [6.45, 7) is -0.690. The molecule has 0 aliphatic carbocycles. The molecule has 0 aromatic carbocycles. The standard InChI is InChI=1S/C12H15F3N4O7/c1-25-10(23)6-2-4(20)7(18-11(24)12(13,14)15)9(26-6)8(22)5(21)3-17-19-16/h2,4-5,7-9,20-22H,3H2,1H3,(H,18,24)/t4-,5+,7+,8+,9+/m0/s1. The van der Waals surface area contributed by atoms with Crippen molar-refractivity contribution >= 4 is 11.9 Å². The number of nitrogens with one attached hydrogen (secondary N) is 1. The molecule has 1 aliphatic heterocycles. The predicted molar refractivity (Wildman–Crippen MR) is 75.0 cm³/mol. The third kappa shape index (κ3) is 5.23. The molecule has 1 rings (SSSR count). The van der Waals surface area contributed by atoms with Gasteiger partial charge in [0.15, 0.2) is 6.10 Å². The first-order chi connectivity index (χ1) is 12.0. The highest BCUT2D eigenvalue weighted by Crippen LogP contribution is 2.25. The molecule has 1 amide bonds.